The predicted octanol–water partition coefficient (Wildman–Crippen LogP) is 2.87. The maximum absolute atomic E-state index is 11.6. The zero-order chi connectivity index (χ0) is 20.5. The summed E-state index contributed by atoms with van der Waals surface area (Å²) in [6.45, 7) is 1.96. The van der Waals surface area contributed by atoms with E-state index in [2.05, 4.69) is 15.8 Å². The van der Waals surface area contributed by atoms with Crippen molar-refractivity contribution in [1.82, 2.24) is 5.43 Å². The van der Waals surface area contributed by atoms with E-state index < -0.39 is 0 Å². The molecule has 2 heterocycles. The summed E-state index contributed by atoms with van der Waals surface area (Å²) in [5.74, 6) is 0.521. The number of aryl methyl sites for hydroxylation is 1. The molecule has 2 aromatic rings. The minimum atomic E-state index is -0.173. The molecule has 1 atom stereocenters. The van der Waals surface area contributed by atoms with Gasteiger partial charge in [0.2, 0.25) is 0 Å². The lowest BCUT2D eigenvalue weighted by Gasteiger charge is -2.25. The lowest BCUT2D eigenvalue weighted by molar-refractivity contribution is -0.118. The van der Waals surface area contributed by atoms with Crippen molar-refractivity contribution in [3.05, 3.63) is 47.0 Å². The number of nitrogens with zero attached hydrogens (tertiary/aromatic N) is 1. The molecule has 0 aliphatic carbocycles. The molecule has 1 amide bonds. The van der Waals surface area contributed by atoms with Crippen LogP contribution in [0.2, 0.25) is 0 Å². The number of carbonyl (C=O) groups is 1. The molecule has 0 saturated heterocycles. The Balaban J connectivity index is 1.56. The first kappa shape index (κ1) is 19.2. The van der Waals surface area contributed by atoms with Crippen molar-refractivity contribution in [3.63, 3.8) is 0 Å². The first-order valence-corrected chi connectivity index (χ1v) is 9.82. The molecule has 8 heteroatoms. The van der Waals surface area contributed by atoms with Crippen molar-refractivity contribution in [1.29, 1.82) is 0 Å². The number of aromatic hydroxyl groups is 2. The summed E-state index contributed by atoms with van der Waals surface area (Å²) < 4.78 is 5.40. The third-order valence-electron chi connectivity index (χ3n) is 5.16. The molecule has 29 heavy (non-hydrogen) atoms. The minimum Gasteiger partial charge on any atom is -0.508 e. The van der Waals surface area contributed by atoms with Gasteiger partial charge < -0.3 is 20.3 Å². The zero-order valence-electron chi connectivity index (χ0n) is 15.9. The summed E-state index contributed by atoms with van der Waals surface area (Å²) in [6.07, 6.45) is 1.84. The number of amides is 1. The van der Waals surface area contributed by atoms with Gasteiger partial charge in [-0.1, -0.05) is 25.2 Å². The Hall–Kier alpha value is -3.13. The normalized spacial score (nSPS) is 18.2. The van der Waals surface area contributed by atoms with Crippen LogP contribution in [-0.2, 0) is 17.6 Å². The van der Waals surface area contributed by atoms with Crippen LogP contribution in [0, 0.1) is 5.92 Å². The predicted molar refractivity (Wildman–Crippen MR) is 114 cm³/mol. The van der Waals surface area contributed by atoms with E-state index >= 15 is 0 Å². The summed E-state index contributed by atoms with van der Waals surface area (Å²) in [5, 5.41) is 27.4. The summed E-state index contributed by atoms with van der Waals surface area (Å²) in [5.41, 5.74) is 6.59. The van der Waals surface area contributed by atoms with Gasteiger partial charge in [-0.25, -0.2) is 0 Å². The molecular formula is C21H21N3O4S. The number of hydrogen-bond acceptors (Lipinski definition) is 6. The molecule has 150 valence electrons. The summed E-state index contributed by atoms with van der Waals surface area (Å²) in [7, 11) is 0. The van der Waals surface area contributed by atoms with Gasteiger partial charge in [-0.3, -0.25) is 10.2 Å². The van der Waals surface area contributed by atoms with Crippen LogP contribution in [0.1, 0.15) is 30.0 Å². The summed E-state index contributed by atoms with van der Waals surface area (Å²) >= 11 is 5.46. The van der Waals surface area contributed by atoms with Crippen LogP contribution < -0.4 is 15.5 Å². The molecule has 0 spiro atoms. The highest BCUT2D eigenvalue weighted by Gasteiger charge is 2.26. The molecule has 1 unspecified atom stereocenters. The highest BCUT2D eigenvalue weighted by molar-refractivity contribution is 7.80. The minimum absolute atomic E-state index is 0.0135. The Morgan fingerprint density at radius 3 is 2.86 bits per heavy atom. The van der Waals surface area contributed by atoms with Gasteiger partial charge in [0.1, 0.15) is 17.2 Å². The van der Waals surface area contributed by atoms with E-state index in [1.165, 1.54) is 6.07 Å². The largest absolute Gasteiger partial charge is 0.508 e. The van der Waals surface area contributed by atoms with Gasteiger partial charge in [0, 0.05) is 24.0 Å². The fourth-order valence-corrected chi connectivity index (χ4v) is 3.81. The number of anilines is 1. The van der Waals surface area contributed by atoms with E-state index in [-0.39, 0.29) is 29.9 Å². The molecular weight excluding hydrogens is 390 g/mol. The highest BCUT2D eigenvalue weighted by Crippen LogP contribution is 2.33. The number of hydrazone groups is 1. The third-order valence-corrected chi connectivity index (χ3v) is 5.58. The zero-order valence-corrected chi connectivity index (χ0v) is 16.7. The average Bonchev–Trinajstić information content (AvgIpc) is 2.70. The van der Waals surface area contributed by atoms with Crippen LogP contribution >= 0.6 is 12.2 Å². The lowest BCUT2D eigenvalue weighted by Crippen LogP contribution is -2.34. The molecule has 2 aliphatic rings. The first-order chi connectivity index (χ1) is 13.9. The van der Waals surface area contributed by atoms with E-state index in [1.807, 2.05) is 25.1 Å². The molecule has 0 aromatic heterocycles. The van der Waals surface area contributed by atoms with Crippen LogP contribution in [0.3, 0.4) is 0 Å². The van der Waals surface area contributed by atoms with E-state index in [1.54, 1.807) is 6.07 Å². The number of carbonyl (C=O) groups excluding carboxylic acids is 1. The SMILES string of the molecule is CCc1cc(C2=NNC(=S)C(Cc3ccc4c(c3)NC(=O)CO4)C2)c(O)cc1O. The summed E-state index contributed by atoms with van der Waals surface area (Å²) in [4.78, 5) is 12.2. The molecule has 4 rings (SSSR count). The maximum atomic E-state index is 11.6. The van der Waals surface area contributed by atoms with Crippen molar-refractivity contribution in [2.75, 3.05) is 11.9 Å². The Labute approximate surface area is 173 Å². The molecule has 0 fully saturated rings. The van der Waals surface area contributed by atoms with Gasteiger partial charge >= 0.3 is 0 Å². The lowest BCUT2D eigenvalue weighted by atomic mass is 9.89. The van der Waals surface area contributed by atoms with Gasteiger partial charge in [-0.05, 0) is 42.2 Å². The second-order valence-electron chi connectivity index (χ2n) is 7.16. The Bertz CT molecular complexity index is 1030. The number of fused-ring (bicyclic) bond motifs is 1. The smallest absolute Gasteiger partial charge is 0.262 e. The highest BCUT2D eigenvalue weighted by atomic mass is 32.1. The van der Waals surface area contributed by atoms with E-state index in [9.17, 15) is 15.0 Å². The van der Waals surface area contributed by atoms with Gasteiger partial charge in [-0.15, -0.1) is 0 Å². The Kier molecular flexibility index (Phi) is 5.10. The van der Waals surface area contributed by atoms with E-state index in [0.717, 1.165) is 11.1 Å². The molecule has 0 bridgehead atoms. The topological polar surface area (TPSA) is 103 Å². The monoisotopic (exact) mass is 411 g/mol. The average molecular weight is 411 g/mol. The van der Waals surface area contributed by atoms with E-state index in [0.29, 0.717) is 47.0 Å². The van der Waals surface area contributed by atoms with Gasteiger partial charge in [0.05, 0.1) is 16.4 Å². The second kappa shape index (κ2) is 7.71. The Morgan fingerprint density at radius 2 is 2.07 bits per heavy atom. The molecule has 0 saturated carbocycles. The fourth-order valence-electron chi connectivity index (χ4n) is 3.60. The first-order valence-electron chi connectivity index (χ1n) is 9.41. The molecule has 2 aromatic carbocycles. The van der Waals surface area contributed by atoms with Crippen molar-refractivity contribution in [2.45, 2.75) is 26.2 Å². The van der Waals surface area contributed by atoms with Gasteiger partial charge in [0.25, 0.3) is 5.91 Å². The molecule has 2 aliphatic heterocycles. The number of rotatable bonds is 4. The van der Waals surface area contributed by atoms with Crippen molar-refractivity contribution < 1.29 is 19.7 Å². The molecule has 4 N–H and O–H groups in total. The Morgan fingerprint density at radius 1 is 1.24 bits per heavy atom. The van der Waals surface area contributed by atoms with Crippen LogP contribution in [-0.4, -0.2) is 33.4 Å². The number of phenols is 2. The van der Waals surface area contributed by atoms with Crippen LogP contribution in [0.15, 0.2) is 35.4 Å². The number of phenolic OH excluding ortho intramolecular Hbond substituents is 2. The number of benzene rings is 2. The number of hydrogen-bond donors (Lipinski definition) is 4. The summed E-state index contributed by atoms with van der Waals surface area (Å²) in [6, 6.07) is 8.82. The van der Waals surface area contributed by atoms with Crippen molar-refractivity contribution >= 4 is 34.5 Å². The van der Waals surface area contributed by atoms with Crippen LogP contribution in [0.5, 0.6) is 17.2 Å². The standard InChI is InChI=1S/C21H21N3O4S/c1-2-12-7-14(18(26)9-17(12)25)15-8-13(21(29)24-23-15)5-11-3-4-19-16(6-11)22-20(27)10-28-19/h3-4,6-7,9,13,25-26H,2,5,8,10H2,1H3,(H,22,27)(H,24,29). The van der Waals surface area contributed by atoms with Gasteiger partial charge in [-0.2, -0.15) is 5.10 Å². The number of thiocarbonyl (C=S) groups is 1. The number of ether oxygens (including phenoxy) is 1. The second-order valence-corrected chi connectivity index (χ2v) is 7.60. The third kappa shape index (κ3) is 3.88. The van der Waals surface area contributed by atoms with Crippen LogP contribution in [0.25, 0.3) is 0 Å². The maximum Gasteiger partial charge on any atom is 0.262 e. The van der Waals surface area contributed by atoms with E-state index in [4.69, 9.17) is 17.0 Å². The molecule has 7 nitrogen and oxygen atoms in total. The van der Waals surface area contributed by atoms with Gasteiger partial charge in [0.15, 0.2) is 6.61 Å². The van der Waals surface area contributed by atoms with Crippen molar-refractivity contribution in [3.8, 4) is 17.2 Å². The van der Waals surface area contributed by atoms with Crippen LogP contribution in [0.4, 0.5) is 5.69 Å². The number of nitrogens with one attached hydrogen (secondary N) is 2. The molecule has 0 radical (unpaired) electrons. The quantitative estimate of drug-likeness (QED) is 0.577. The fraction of sp³-hybridized carbons (Fsp3) is 0.286. The van der Waals surface area contributed by atoms with Crippen molar-refractivity contribution in [2.24, 2.45) is 11.0 Å².